The first-order valence-electron chi connectivity index (χ1n) is 5.47. The van der Waals surface area contributed by atoms with Gasteiger partial charge in [-0.1, -0.05) is 13.8 Å². The van der Waals surface area contributed by atoms with Crippen molar-refractivity contribution in [1.82, 2.24) is 4.72 Å². The number of nitrogens with one attached hydrogen (secondary N) is 1. The van der Waals surface area contributed by atoms with Crippen molar-refractivity contribution in [3.05, 3.63) is 16.5 Å². The van der Waals surface area contributed by atoms with Crippen molar-refractivity contribution in [1.29, 1.82) is 0 Å². The van der Waals surface area contributed by atoms with E-state index in [1.807, 2.05) is 13.8 Å². The normalized spacial score (nSPS) is 13.8. The Morgan fingerprint density at radius 1 is 1.39 bits per heavy atom. The Bertz CT molecular complexity index is 526. The Morgan fingerprint density at radius 3 is 2.28 bits per heavy atom. The maximum Gasteiger partial charge on any atom is 0.322 e. The number of aryl methyl sites for hydroxylation is 2. The molecule has 0 saturated heterocycles. The maximum absolute atomic E-state index is 12.1. The van der Waals surface area contributed by atoms with Crippen molar-refractivity contribution in [2.24, 2.45) is 5.92 Å². The summed E-state index contributed by atoms with van der Waals surface area (Å²) in [4.78, 5) is 11.9. The third-order valence-electron chi connectivity index (χ3n) is 2.62. The summed E-state index contributed by atoms with van der Waals surface area (Å²) in [6, 6.07) is 0.444. The van der Waals surface area contributed by atoms with Gasteiger partial charge in [-0.15, -0.1) is 11.3 Å². The van der Waals surface area contributed by atoms with Crippen LogP contribution in [0.1, 0.15) is 24.3 Å². The molecular formula is C11H17NO4S2. The van der Waals surface area contributed by atoms with Crippen LogP contribution in [0.15, 0.2) is 10.3 Å². The molecule has 0 aliphatic carbocycles. The Morgan fingerprint density at radius 2 is 1.94 bits per heavy atom. The molecule has 7 heteroatoms. The number of carboxylic acids is 1. The number of hydrogen-bond donors (Lipinski definition) is 2. The molecule has 0 saturated carbocycles. The van der Waals surface area contributed by atoms with Crippen LogP contribution in [-0.2, 0) is 14.8 Å². The van der Waals surface area contributed by atoms with Crippen molar-refractivity contribution < 1.29 is 18.3 Å². The molecule has 1 rings (SSSR count). The number of thiophene rings is 1. The summed E-state index contributed by atoms with van der Waals surface area (Å²) in [6.07, 6.45) is 0. The molecule has 1 aromatic rings. The van der Waals surface area contributed by atoms with Gasteiger partial charge in [0.15, 0.2) is 0 Å². The highest BCUT2D eigenvalue weighted by Crippen LogP contribution is 2.25. The Hall–Kier alpha value is -0.920. The number of carboxylic acid groups (broad SMARTS) is 1. The molecule has 0 amide bonds. The van der Waals surface area contributed by atoms with Crippen molar-refractivity contribution in [2.45, 2.75) is 37.9 Å². The monoisotopic (exact) mass is 291 g/mol. The van der Waals surface area contributed by atoms with Crippen LogP contribution in [0.3, 0.4) is 0 Å². The fourth-order valence-corrected chi connectivity index (χ4v) is 4.24. The van der Waals surface area contributed by atoms with Crippen molar-refractivity contribution >= 4 is 27.3 Å². The summed E-state index contributed by atoms with van der Waals surface area (Å²) in [6.45, 7) is 6.97. The average Bonchev–Trinajstić information content (AvgIpc) is 2.56. The first kappa shape index (κ1) is 15.1. The second-order valence-corrected chi connectivity index (χ2v) is 7.68. The minimum absolute atomic E-state index is 0.157. The largest absolute Gasteiger partial charge is 0.480 e. The topological polar surface area (TPSA) is 83.5 Å². The molecule has 5 nitrogen and oxygen atoms in total. The molecule has 0 aromatic carbocycles. The third kappa shape index (κ3) is 3.30. The molecule has 0 aliphatic heterocycles. The van der Waals surface area contributed by atoms with E-state index in [0.29, 0.717) is 0 Å². The zero-order chi connectivity index (χ0) is 14.1. The Kier molecular flexibility index (Phi) is 4.52. The fraction of sp³-hybridized carbons (Fsp3) is 0.545. The van der Waals surface area contributed by atoms with Gasteiger partial charge in [0.2, 0.25) is 0 Å². The second kappa shape index (κ2) is 5.38. The molecule has 18 heavy (non-hydrogen) atoms. The lowest BCUT2D eigenvalue weighted by molar-refractivity contribution is -0.140. The average molecular weight is 291 g/mol. The van der Waals surface area contributed by atoms with E-state index in [4.69, 9.17) is 5.11 Å². The number of aliphatic carboxylic acids is 1. The maximum atomic E-state index is 12.1. The third-order valence-corrected chi connectivity index (χ3v) is 5.69. The van der Waals surface area contributed by atoms with Gasteiger partial charge in [-0.25, -0.2) is 8.42 Å². The molecule has 0 aliphatic rings. The Labute approximate surface area is 111 Å². The van der Waals surface area contributed by atoms with Gasteiger partial charge in [0.1, 0.15) is 10.3 Å². The first-order chi connectivity index (χ1) is 8.15. The van der Waals surface area contributed by atoms with E-state index in [0.717, 1.165) is 21.8 Å². The van der Waals surface area contributed by atoms with Crippen LogP contribution >= 0.6 is 11.3 Å². The van der Waals surface area contributed by atoms with Gasteiger partial charge in [-0.2, -0.15) is 4.72 Å². The molecule has 1 heterocycles. The zero-order valence-corrected chi connectivity index (χ0v) is 12.4. The molecule has 102 valence electrons. The quantitative estimate of drug-likeness (QED) is 0.865. The second-order valence-electron chi connectivity index (χ2n) is 4.49. The fourth-order valence-electron chi connectivity index (χ4n) is 1.37. The van der Waals surface area contributed by atoms with E-state index >= 15 is 0 Å². The molecule has 2 N–H and O–H groups in total. The SMILES string of the molecule is Cc1cc(S(=O)(=O)N[C@H](C(=O)O)C(C)C)sc1C. The highest BCUT2D eigenvalue weighted by atomic mass is 32.2. The minimum atomic E-state index is -3.76. The van der Waals surface area contributed by atoms with Gasteiger partial charge >= 0.3 is 5.97 Å². The summed E-state index contributed by atoms with van der Waals surface area (Å²) in [5.74, 6) is -1.49. The summed E-state index contributed by atoms with van der Waals surface area (Å²) >= 11 is 1.14. The van der Waals surface area contributed by atoms with Crippen LogP contribution in [-0.4, -0.2) is 25.5 Å². The van der Waals surface area contributed by atoms with E-state index in [-0.39, 0.29) is 10.1 Å². The molecule has 0 spiro atoms. The number of hydrogen-bond acceptors (Lipinski definition) is 4. The van der Waals surface area contributed by atoms with Gasteiger partial charge in [0.25, 0.3) is 10.0 Å². The molecule has 0 unspecified atom stereocenters. The van der Waals surface area contributed by atoms with Gasteiger partial charge in [-0.3, -0.25) is 4.79 Å². The molecule has 0 radical (unpaired) electrons. The van der Waals surface area contributed by atoms with Crippen LogP contribution in [0, 0.1) is 19.8 Å². The van der Waals surface area contributed by atoms with E-state index in [1.54, 1.807) is 19.9 Å². The van der Waals surface area contributed by atoms with Crippen LogP contribution in [0.2, 0.25) is 0 Å². The van der Waals surface area contributed by atoms with Crippen LogP contribution in [0.25, 0.3) is 0 Å². The Balaban J connectivity index is 3.04. The smallest absolute Gasteiger partial charge is 0.322 e. The minimum Gasteiger partial charge on any atom is -0.480 e. The van der Waals surface area contributed by atoms with Crippen LogP contribution < -0.4 is 4.72 Å². The van der Waals surface area contributed by atoms with Gasteiger partial charge in [-0.05, 0) is 31.4 Å². The standard InChI is InChI=1S/C11H17NO4S2/c1-6(2)10(11(13)14)12-18(15,16)9-5-7(3)8(4)17-9/h5-6,10,12H,1-4H3,(H,13,14)/t10-/m0/s1. The molecular weight excluding hydrogens is 274 g/mol. The molecule has 1 atom stereocenters. The predicted molar refractivity (Wildman–Crippen MR) is 70.4 cm³/mol. The molecule has 0 bridgehead atoms. The highest BCUT2D eigenvalue weighted by molar-refractivity contribution is 7.91. The number of carbonyl (C=O) groups is 1. The first-order valence-corrected chi connectivity index (χ1v) is 7.77. The lowest BCUT2D eigenvalue weighted by Crippen LogP contribution is -2.43. The number of sulfonamides is 1. The van der Waals surface area contributed by atoms with Gasteiger partial charge in [0.05, 0.1) is 0 Å². The van der Waals surface area contributed by atoms with Gasteiger partial charge in [0, 0.05) is 4.88 Å². The zero-order valence-electron chi connectivity index (χ0n) is 10.7. The van der Waals surface area contributed by atoms with E-state index in [9.17, 15) is 13.2 Å². The van der Waals surface area contributed by atoms with Crippen LogP contribution in [0.5, 0.6) is 0 Å². The van der Waals surface area contributed by atoms with E-state index in [2.05, 4.69) is 4.72 Å². The summed E-state index contributed by atoms with van der Waals surface area (Å²) in [7, 11) is -3.76. The van der Waals surface area contributed by atoms with Crippen molar-refractivity contribution in [3.63, 3.8) is 0 Å². The predicted octanol–water partition coefficient (Wildman–Crippen LogP) is 1.75. The summed E-state index contributed by atoms with van der Waals surface area (Å²) in [5.41, 5.74) is 0.886. The summed E-state index contributed by atoms with van der Waals surface area (Å²) in [5, 5.41) is 8.99. The van der Waals surface area contributed by atoms with Crippen LogP contribution in [0.4, 0.5) is 0 Å². The molecule has 0 fully saturated rings. The molecule has 1 aromatic heterocycles. The van der Waals surface area contributed by atoms with E-state index < -0.39 is 22.0 Å². The van der Waals surface area contributed by atoms with Gasteiger partial charge < -0.3 is 5.11 Å². The van der Waals surface area contributed by atoms with Crippen molar-refractivity contribution in [3.8, 4) is 0 Å². The lowest BCUT2D eigenvalue weighted by Gasteiger charge is -2.17. The van der Waals surface area contributed by atoms with E-state index in [1.165, 1.54) is 0 Å². The summed E-state index contributed by atoms with van der Waals surface area (Å²) < 4.78 is 26.5. The number of rotatable bonds is 5. The van der Waals surface area contributed by atoms with Crippen molar-refractivity contribution in [2.75, 3.05) is 0 Å². The lowest BCUT2D eigenvalue weighted by atomic mass is 10.1. The highest BCUT2D eigenvalue weighted by Gasteiger charge is 2.29.